The van der Waals surface area contributed by atoms with E-state index in [0.717, 1.165) is 12.2 Å². The lowest BCUT2D eigenvalue weighted by molar-refractivity contribution is 0.208. The van der Waals surface area contributed by atoms with Gasteiger partial charge in [0.25, 0.3) is 0 Å². The molecule has 0 bridgehead atoms. The average Bonchev–Trinajstić information content (AvgIpc) is 2.42. The fraction of sp³-hybridized carbons (Fsp3) is 0.353. The second-order valence-electron chi connectivity index (χ2n) is 5.45. The van der Waals surface area contributed by atoms with Crippen molar-refractivity contribution in [2.45, 2.75) is 32.5 Å². The van der Waals surface area contributed by atoms with Crippen LogP contribution in [-0.2, 0) is 6.54 Å². The van der Waals surface area contributed by atoms with Crippen LogP contribution in [0.2, 0.25) is 0 Å². The van der Waals surface area contributed by atoms with Crippen LogP contribution >= 0.6 is 0 Å². The van der Waals surface area contributed by atoms with E-state index in [0.29, 0.717) is 0 Å². The Morgan fingerprint density at radius 1 is 1.15 bits per heavy atom. The number of hydrogen-bond donors (Lipinski definition) is 1. The Morgan fingerprint density at radius 3 is 2.40 bits per heavy atom. The van der Waals surface area contributed by atoms with Crippen LogP contribution in [0, 0.1) is 6.92 Å². The summed E-state index contributed by atoms with van der Waals surface area (Å²) in [6, 6.07) is 14.9. The smallest absolute Gasteiger partial charge is 0.0544 e. The molecule has 2 N–H and O–H groups in total. The number of aromatic nitrogens is 1. The molecule has 0 radical (unpaired) electrons. The molecule has 0 aliphatic heterocycles. The second-order valence-corrected chi connectivity index (χ2v) is 5.45. The molecule has 0 aliphatic carbocycles. The minimum absolute atomic E-state index is 0.0615. The zero-order valence-electron chi connectivity index (χ0n) is 12.5. The molecule has 1 aromatic carbocycles. The van der Waals surface area contributed by atoms with Crippen molar-refractivity contribution in [3.8, 4) is 0 Å². The summed E-state index contributed by atoms with van der Waals surface area (Å²) in [6.07, 6.45) is 1.83. The first-order valence-corrected chi connectivity index (χ1v) is 7.00. The summed E-state index contributed by atoms with van der Waals surface area (Å²) in [5.74, 6) is 0. The Labute approximate surface area is 121 Å². The van der Waals surface area contributed by atoms with E-state index in [1.165, 1.54) is 11.1 Å². The van der Waals surface area contributed by atoms with Crippen molar-refractivity contribution < 1.29 is 0 Å². The number of likely N-dealkylation sites (N-methyl/N-ethyl adjacent to an activating group) is 1. The highest BCUT2D eigenvalue weighted by Gasteiger charge is 2.21. The van der Waals surface area contributed by atoms with Crippen molar-refractivity contribution in [3.63, 3.8) is 0 Å². The van der Waals surface area contributed by atoms with Crippen LogP contribution in [0.15, 0.2) is 48.7 Å². The Balaban J connectivity index is 2.18. The first kappa shape index (κ1) is 14.7. The molecule has 2 atom stereocenters. The molecule has 1 aromatic heterocycles. The maximum Gasteiger partial charge on any atom is 0.0544 e. The van der Waals surface area contributed by atoms with Crippen molar-refractivity contribution >= 4 is 0 Å². The van der Waals surface area contributed by atoms with Crippen molar-refractivity contribution in [1.29, 1.82) is 0 Å². The van der Waals surface area contributed by atoms with E-state index < -0.39 is 0 Å². The predicted molar refractivity (Wildman–Crippen MR) is 83.3 cm³/mol. The summed E-state index contributed by atoms with van der Waals surface area (Å²) in [6.45, 7) is 4.95. The molecule has 2 unspecified atom stereocenters. The third kappa shape index (κ3) is 3.65. The zero-order chi connectivity index (χ0) is 14.5. The number of rotatable bonds is 5. The molecular formula is C17H23N3. The van der Waals surface area contributed by atoms with Crippen LogP contribution in [0.25, 0.3) is 0 Å². The maximum atomic E-state index is 6.20. The fourth-order valence-corrected chi connectivity index (χ4v) is 2.57. The highest BCUT2D eigenvalue weighted by molar-refractivity contribution is 5.25. The lowest BCUT2D eigenvalue weighted by Crippen LogP contribution is -2.37. The van der Waals surface area contributed by atoms with Crippen molar-refractivity contribution in [2.24, 2.45) is 5.73 Å². The highest BCUT2D eigenvalue weighted by atomic mass is 15.2. The average molecular weight is 269 g/mol. The van der Waals surface area contributed by atoms with Gasteiger partial charge in [0.2, 0.25) is 0 Å². The number of aryl methyl sites for hydroxylation is 1. The van der Waals surface area contributed by atoms with Crippen LogP contribution in [0.4, 0.5) is 0 Å². The molecule has 106 valence electrons. The van der Waals surface area contributed by atoms with Crippen molar-refractivity contribution in [1.82, 2.24) is 9.88 Å². The molecule has 20 heavy (non-hydrogen) atoms. The van der Waals surface area contributed by atoms with Gasteiger partial charge in [0.05, 0.1) is 5.69 Å². The van der Waals surface area contributed by atoms with Gasteiger partial charge in [0.1, 0.15) is 0 Å². The van der Waals surface area contributed by atoms with Gasteiger partial charge in [-0.2, -0.15) is 0 Å². The summed E-state index contributed by atoms with van der Waals surface area (Å²) < 4.78 is 0. The molecule has 3 heteroatoms. The first-order valence-electron chi connectivity index (χ1n) is 7.00. The topological polar surface area (TPSA) is 42.1 Å². The van der Waals surface area contributed by atoms with Gasteiger partial charge in [-0.15, -0.1) is 0 Å². The van der Waals surface area contributed by atoms with Crippen LogP contribution in [-0.4, -0.2) is 23.0 Å². The first-order chi connectivity index (χ1) is 9.58. The molecule has 0 aliphatic rings. The molecule has 0 amide bonds. The number of benzene rings is 1. The van der Waals surface area contributed by atoms with E-state index in [-0.39, 0.29) is 12.1 Å². The number of nitrogens with zero attached hydrogens (tertiary/aromatic N) is 2. The quantitative estimate of drug-likeness (QED) is 0.907. The number of hydrogen-bond acceptors (Lipinski definition) is 3. The van der Waals surface area contributed by atoms with Gasteiger partial charge in [0.15, 0.2) is 0 Å². The monoisotopic (exact) mass is 269 g/mol. The lowest BCUT2D eigenvalue weighted by Gasteiger charge is -2.31. The van der Waals surface area contributed by atoms with Crippen LogP contribution < -0.4 is 5.73 Å². The van der Waals surface area contributed by atoms with Gasteiger partial charge < -0.3 is 5.73 Å². The van der Waals surface area contributed by atoms with Crippen molar-refractivity contribution in [3.05, 3.63) is 65.5 Å². The van der Waals surface area contributed by atoms with Gasteiger partial charge in [-0.05, 0) is 38.6 Å². The summed E-state index contributed by atoms with van der Waals surface area (Å²) >= 11 is 0. The second kappa shape index (κ2) is 6.64. The van der Waals surface area contributed by atoms with E-state index in [1.54, 1.807) is 0 Å². The molecule has 0 saturated heterocycles. The predicted octanol–water partition coefficient (Wildman–Crippen LogP) is 2.91. The largest absolute Gasteiger partial charge is 0.326 e. The Hall–Kier alpha value is -1.71. The summed E-state index contributed by atoms with van der Waals surface area (Å²) in [5, 5.41) is 0. The normalized spacial score (nSPS) is 14.2. The fourth-order valence-electron chi connectivity index (χ4n) is 2.57. The van der Waals surface area contributed by atoms with Gasteiger partial charge in [-0.3, -0.25) is 9.88 Å². The third-order valence-electron chi connectivity index (χ3n) is 3.53. The Morgan fingerprint density at radius 2 is 1.85 bits per heavy atom. The van der Waals surface area contributed by atoms with E-state index >= 15 is 0 Å². The Bertz CT molecular complexity index is 520. The van der Waals surface area contributed by atoms with Gasteiger partial charge in [-0.25, -0.2) is 0 Å². The van der Waals surface area contributed by atoms with Gasteiger partial charge in [0, 0.05) is 24.8 Å². The molecule has 2 rings (SSSR count). The number of nitrogens with two attached hydrogens (primary N) is 1. The van der Waals surface area contributed by atoms with Crippen LogP contribution in [0.3, 0.4) is 0 Å². The van der Waals surface area contributed by atoms with Gasteiger partial charge in [-0.1, -0.05) is 35.9 Å². The number of pyridine rings is 1. The SMILES string of the molecule is Cc1ccc(C(C(C)N)N(C)Cc2ccccn2)cc1. The Kier molecular flexibility index (Phi) is 4.88. The maximum absolute atomic E-state index is 6.20. The van der Waals surface area contributed by atoms with E-state index in [4.69, 9.17) is 5.73 Å². The standard InChI is InChI=1S/C17H23N3/c1-13-7-9-15(10-8-13)17(14(2)18)20(3)12-16-6-4-5-11-19-16/h4-11,14,17H,12,18H2,1-3H3. The summed E-state index contributed by atoms with van der Waals surface area (Å²) in [4.78, 5) is 6.65. The van der Waals surface area contributed by atoms with Gasteiger partial charge >= 0.3 is 0 Å². The lowest BCUT2D eigenvalue weighted by atomic mass is 9.98. The molecule has 1 heterocycles. The minimum Gasteiger partial charge on any atom is -0.326 e. The van der Waals surface area contributed by atoms with E-state index in [2.05, 4.69) is 55.0 Å². The molecular weight excluding hydrogens is 246 g/mol. The molecule has 0 saturated carbocycles. The molecule has 0 fully saturated rings. The van der Waals surface area contributed by atoms with Crippen LogP contribution in [0.5, 0.6) is 0 Å². The molecule has 2 aromatic rings. The molecule has 0 spiro atoms. The summed E-state index contributed by atoms with van der Waals surface area (Å²) in [5.41, 5.74) is 9.78. The highest BCUT2D eigenvalue weighted by Crippen LogP contribution is 2.23. The van der Waals surface area contributed by atoms with E-state index in [9.17, 15) is 0 Å². The van der Waals surface area contributed by atoms with Crippen LogP contribution in [0.1, 0.15) is 29.8 Å². The minimum atomic E-state index is 0.0615. The molecule has 3 nitrogen and oxygen atoms in total. The zero-order valence-corrected chi connectivity index (χ0v) is 12.5. The van der Waals surface area contributed by atoms with Crippen molar-refractivity contribution in [2.75, 3.05) is 7.05 Å². The third-order valence-corrected chi connectivity index (χ3v) is 3.53. The summed E-state index contributed by atoms with van der Waals surface area (Å²) in [7, 11) is 2.10. The van der Waals surface area contributed by atoms with E-state index in [1.807, 2.05) is 24.4 Å².